The van der Waals surface area contributed by atoms with Crippen molar-refractivity contribution in [2.45, 2.75) is 19.0 Å². The number of anilines is 2. The second kappa shape index (κ2) is 8.67. The summed E-state index contributed by atoms with van der Waals surface area (Å²) in [7, 11) is 3.83. The minimum atomic E-state index is -0.134. The molecule has 2 aromatic carbocycles. The lowest BCUT2D eigenvalue weighted by atomic mass is 10.1. The van der Waals surface area contributed by atoms with Crippen LogP contribution >= 0.6 is 23.4 Å². The molecule has 0 unspecified atom stereocenters. The number of halogens is 1. The summed E-state index contributed by atoms with van der Waals surface area (Å²) in [5, 5.41) is 12.3. The molecule has 1 aromatic heterocycles. The molecule has 1 amide bonds. The highest BCUT2D eigenvalue weighted by molar-refractivity contribution is 7.99. The van der Waals surface area contributed by atoms with Gasteiger partial charge in [-0.3, -0.25) is 9.36 Å². The fourth-order valence-corrected chi connectivity index (χ4v) is 3.59. The number of nitrogens with zero attached hydrogens (tertiary/aromatic N) is 4. The smallest absolute Gasteiger partial charge is 0.234 e. The van der Waals surface area contributed by atoms with E-state index in [0.717, 1.165) is 11.4 Å². The summed E-state index contributed by atoms with van der Waals surface area (Å²) in [6.45, 7) is 4.14. The number of rotatable bonds is 6. The van der Waals surface area contributed by atoms with Crippen LogP contribution < -0.4 is 10.2 Å². The van der Waals surface area contributed by atoms with E-state index in [9.17, 15) is 4.79 Å². The van der Waals surface area contributed by atoms with Gasteiger partial charge in [0.25, 0.3) is 0 Å². The molecule has 0 bridgehead atoms. The van der Waals surface area contributed by atoms with Crippen LogP contribution in [0, 0.1) is 13.8 Å². The maximum absolute atomic E-state index is 12.5. The van der Waals surface area contributed by atoms with E-state index in [0.29, 0.717) is 15.9 Å². The van der Waals surface area contributed by atoms with Crippen molar-refractivity contribution < 1.29 is 4.79 Å². The maximum Gasteiger partial charge on any atom is 0.234 e. The number of amides is 1. The standard InChI is InChI=1S/C20H22ClN5OS/c1-13-5-7-16(9-14(13)2)26-12-22-24-20(26)28-11-19(27)23-17-10-15(21)6-8-18(17)25(3)4/h5-10,12H,11H2,1-4H3,(H,23,27). The normalized spacial score (nSPS) is 10.8. The molecule has 0 spiro atoms. The third kappa shape index (κ3) is 4.66. The van der Waals surface area contributed by atoms with E-state index in [4.69, 9.17) is 11.6 Å². The molecular weight excluding hydrogens is 394 g/mol. The van der Waals surface area contributed by atoms with Crippen LogP contribution in [0.15, 0.2) is 47.9 Å². The molecule has 0 aliphatic heterocycles. The molecule has 0 radical (unpaired) electrons. The monoisotopic (exact) mass is 415 g/mol. The highest BCUT2D eigenvalue weighted by Crippen LogP contribution is 2.28. The van der Waals surface area contributed by atoms with Crippen LogP contribution in [0.5, 0.6) is 0 Å². The Bertz CT molecular complexity index is 1000. The Morgan fingerprint density at radius 2 is 1.96 bits per heavy atom. The van der Waals surface area contributed by atoms with Gasteiger partial charge in [-0.2, -0.15) is 0 Å². The summed E-state index contributed by atoms with van der Waals surface area (Å²) in [6, 6.07) is 11.6. The van der Waals surface area contributed by atoms with Crippen LogP contribution in [0.2, 0.25) is 5.02 Å². The number of carbonyl (C=O) groups excluding carboxylic acids is 1. The van der Waals surface area contributed by atoms with Crippen molar-refractivity contribution in [1.82, 2.24) is 14.8 Å². The SMILES string of the molecule is Cc1ccc(-n2cnnc2SCC(=O)Nc2cc(Cl)ccc2N(C)C)cc1C. The van der Waals surface area contributed by atoms with Gasteiger partial charge in [0.2, 0.25) is 5.91 Å². The number of benzene rings is 2. The first-order chi connectivity index (χ1) is 13.3. The average molecular weight is 416 g/mol. The van der Waals surface area contributed by atoms with Crippen LogP contribution in [0.3, 0.4) is 0 Å². The Kier molecular flexibility index (Phi) is 6.26. The lowest BCUT2D eigenvalue weighted by Crippen LogP contribution is -2.18. The van der Waals surface area contributed by atoms with Crippen molar-refractivity contribution in [3.63, 3.8) is 0 Å². The third-order valence-electron chi connectivity index (χ3n) is 4.33. The lowest BCUT2D eigenvalue weighted by Gasteiger charge is -2.18. The number of carbonyl (C=O) groups is 1. The van der Waals surface area contributed by atoms with Gasteiger partial charge >= 0.3 is 0 Å². The predicted molar refractivity (Wildman–Crippen MR) is 116 cm³/mol. The first kappa shape index (κ1) is 20.2. The molecule has 6 nitrogen and oxygen atoms in total. The van der Waals surface area contributed by atoms with E-state index in [2.05, 4.69) is 41.5 Å². The Labute approximate surface area is 173 Å². The highest BCUT2D eigenvalue weighted by Gasteiger charge is 2.13. The van der Waals surface area contributed by atoms with E-state index in [-0.39, 0.29) is 11.7 Å². The number of aromatic nitrogens is 3. The van der Waals surface area contributed by atoms with Gasteiger partial charge in [-0.25, -0.2) is 0 Å². The molecule has 3 aromatic rings. The summed E-state index contributed by atoms with van der Waals surface area (Å²) < 4.78 is 1.88. The summed E-state index contributed by atoms with van der Waals surface area (Å²) in [6.07, 6.45) is 1.66. The van der Waals surface area contributed by atoms with E-state index >= 15 is 0 Å². The molecule has 1 heterocycles. The fourth-order valence-electron chi connectivity index (χ4n) is 2.69. The Morgan fingerprint density at radius 3 is 2.68 bits per heavy atom. The van der Waals surface area contributed by atoms with E-state index in [1.807, 2.05) is 35.7 Å². The number of aryl methyl sites for hydroxylation is 2. The minimum absolute atomic E-state index is 0.134. The molecule has 0 saturated heterocycles. The molecule has 0 aliphatic rings. The summed E-state index contributed by atoms with van der Waals surface area (Å²) in [4.78, 5) is 14.4. The maximum atomic E-state index is 12.5. The fraction of sp³-hybridized carbons (Fsp3) is 0.250. The molecule has 1 N–H and O–H groups in total. The Balaban J connectivity index is 1.70. The minimum Gasteiger partial charge on any atom is -0.376 e. The van der Waals surface area contributed by atoms with Gasteiger partial charge in [-0.05, 0) is 55.3 Å². The van der Waals surface area contributed by atoms with Crippen LogP contribution in [-0.2, 0) is 4.79 Å². The average Bonchev–Trinajstić information content (AvgIpc) is 3.10. The molecule has 0 fully saturated rings. The molecular formula is C20H22ClN5OS. The Morgan fingerprint density at radius 1 is 1.18 bits per heavy atom. The summed E-state index contributed by atoms with van der Waals surface area (Å²) in [5.74, 6) is 0.0770. The van der Waals surface area contributed by atoms with Crippen molar-refractivity contribution in [3.05, 3.63) is 58.9 Å². The lowest BCUT2D eigenvalue weighted by molar-refractivity contribution is -0.113. The van der Waals surface area contributed by atoms with Crippen LogP contribution in [0.25, 0.3) is 5.69 Å². The van der Waals surface area contributed by atoms with Crippen molar-refractivity contribution in [2.75, 3.05) is 30.1 Å². The van der Waals surface area contributed by atoms with E-state index in [1.54, 1.807) is 18.5 Å². The van der Waals surface area contributed by atoms with E-state index < -0.39 is 0 Å². The van der Waals surface area contributed by atoms with Crippen molar-refractivity contribution in [1.29, 1.82) is 0 Å². The predicted octanol–water partition coefficient (Wildman–Crippen LogP) is 4.33. The van der Waals surface area contributed by atoms with Gasteiger partial charge in [-0.1, -0.05) is 29.4 Å². The van der Waals surface area contributed by atoms with Gasteiger partial charge in [0, 0.05) is 24.8 Å². The molecule has 0 aliphatic carbocycles. The zero-order chi connectivity index (χ0) is 20.3. The first-order valence-corrected chi connectivity index (χ1v) is 10.1. The van der Waals surface area contributed by atoms with Gasteiger partial charge in [0.05, 0.1) is 17.1 Å². The van der Waals surface area contributed by atoms with Gasteiger partial charge in [-0.15, -0.1) is 10.2 Å². The van der Waals surface area contributed by atoms with Gasteiger partial charge < -0.3 is 10.2 Å². The second-order valence-corrected chi connectivity index (χ2v) is 8.02. The number of hydrogen-bond acceptors (Lipinski definition) is 5. The van der Waals surface area contributed by atoms with Gasteiger partial charge in [0.15, 0.2) is 5.16 Å². The molecule has 146 valence electrons. The summed E-state index contributed by atoms with van der Waals surface area (Å²) in [5.41, 5.74) is 4.96. The first-order valence-electron chi connectivity index (χ1n) is 8.72. The second-order valence-electron chi connectivity index (χ2n) is 6.64. The highest BCUT2D eigenvalue weighted by atomic mass is 35.5. The zero-order valence-electron chi connectivity index (χ0n) is 16.2. The molecule has 3 rings (SSSR count). The van der Waals surface area contributed by atoms with Crippen molar-refractivity contribution in [2.24, 2.45) is 0 Å². The van der Waals surface area contributed by atoms with E-state index in [1.165, 1.54) is 22.9 Å². The molecule has 28 heavy (non-hydrogen) atoms. The summed E-state index contributed by atoms with van der Waals surface area (Å²) >= 11 is 7.41. The van der Waals surface area contributed by atoms with Crippen LogP contribution in [0.1, 0.15) is 11.1 Å². The van der Waals surface area contributed by atoms with Crippen molar-refractivity contribution >= 4 is 40.6 Å². The largest absolute Gasteiger partial charge is 0.376 e. The van der Waals surface area contributed by atoms with Crippen LogP contribution in [0.4, 0.5) is 11.4 Å². The Hall–Kier alpha value is -2.51. The topological polar surface area (TPSA) is 63.1 Å². The van der Waals surface area contributed by atoms with Crippen molar-refractivity contribution in [3.8, 4) is 5.69 Å². The molecule has 8 heteroatoms. The third-order valence-corrected chi connectivity index (χ3v) is 5.51. The van der Waals surface area contributed by atoms with Crippen LogP contribution in [-0.4, -0.2) is 40.5 Å². The number of thioether (sulfide) groups is 1. The zero-order valence-corrected chi connectivity index (χ0v) is 17.8. The number of nitrogens with one attached hydrogen (secondary N) is 1. The number of hydrogen-bond donors (Lipinski definition) is 1. The quantitative estimate of drug-likeness (QED) is 0.607. The van der Waals surface area contributed by atoms with Gasteiger partial charge in [0.1, 0.15) is 6.33 Å². The molecule has 0 saturated carbocycles. The molecule has 0 atom stereocenters.